The summed E-state index contributed by atoms with van der Waals surface area (Å²) >= 11 is 0. The number of anilines is 1. The highest BCUT2D eigenvalue weighted by Crippen LogP contribution is 2.33. The smallest absolute Gasteiger partial charge is 0.335 e. The molecule has 220 valence electrons. The fraction of sp³-hybridized carbons (Fsp3) is 0.179. The fourth-order valence-corrected chi connectivity index (χ4v) is 6.24. The van der Waals surface area contributed by atoms with Crippen LogP contribution < -0.4 is 10.1 Å². The Balaban J connectivity index is 1.26. The van der Waals surface area contributed by atoms with Gasteiger partial charge >= 0.3 is 5.97 Å². The van der Waals surface area contributed by atoms with E-state index in [-0.39, 0.29) is 11.5 Å². The molecule has 0 saturated carbocycles. The summed E-state index contributed by atoms with van der Waals surface area (Å²) in [5.41, 5.74) is 12.2. The van der Waals surface area contributed by atoms with E-state index in [2.05, 4.69) is 74.6 Å². The van der Waals surface area contributed by atoms with E-state index in [1.54, 1.807) is 24.3 Å². The van der Waals surface area contributed by atoms with Crippen molar-refractivity contribution in [1.29, 1.82) is 0 Å². The van der Waals surface area contributed by atoms with Gasteiger partial charge in [0.05, 0.1) is 18.1 Å². The summed E-state index contributed by atoms with van der Waals surface area (Å²) in [4.78, 5) is 25.2. The zero-order valence-electron chi connectivity index (χ0n) is 25.2. The topological polar surface area (TPSA) is 75.6 Å². The number of fused-ring (bicyclic) bond motifs is 1. The van der Waals surface area contributed by atoms with E-state index in [9.17, 15) is 14.7 Å². The first kappa shape index (κ1) is 28.9. The third-order valence-electron chi connectivity index (χ3n) is 8.41. The number of carbonyl (C=O) groups excluding carboxylic acids is 1. The molecule has 0 radical (unpaired) electrons. The van der Waals surface area contributed by atoms with Gasteiger partial charge in [-0.1, -0.05) is 72.3 Å². The normalized spacial score (nSPS) is 12.7. The molecular weight excluding hydrogens is 546 g/mol. The SMILES string of the molecule is Cc1cc(C)c(-c2ccc(NC(=O)C(Cc3ccc(C(=O)O)cc3)c3ccc(-c4ccc5c(c4)CCO5)cc3)cc2)c(C)c1. The second kappa shape index (κ2) is 12.2. The van der Waals surface area contributed by atoms with E-state index in [0.29, 0.717) is 6.42 Å². The van der Waals surface area contributed by atoms with Crippen LogP contribution in [0.15, 0.2) is 103 Å². The molecular formula is C39H35NO4. The van der Waals surface area contributed by atoms with Gasteiger partial charge in [0.15, 0.2) is 0 Å². The molecule has 6 rings (SSSR count). The largest absolute Gasteiger partial charge is 0.493 e. The Bertz CT molecular complexity index is 1810. The lowest BCUT2D eigenvalue weighted by atomic mass is 9.89. The van der Waals surface area contributed by atoms with Gasteiger partial charge < -0.3 is 15.2 Å². The number of amides is 1. The van der Waals surface area contributed by atoms with E-state index >= 15 is 0 Å². The quantitative estimate of drug-likeness (QED) is 0.193. The molecule has 5 aromatic carbocycles. The molecule has 5 heteroatoms. The van der Waals surface area contributed by atoms with Crippen molar-refractivity contribution >= 4 is 17.6 Å². The van der Waals surface area contributed by atoms with Crippen LogP contribution in [0.25, 0.3) is 22.3 Å². The minimum Gasteiger partial charge on any atom is -0.493 e. The van der Waals surface area contributed by atoms with Crippen LogP contribution in [0.3, 0.4) is 0 Å². The van der Waals surface area contributed by atoms with Crippen LogP contribution in [-0.2, 0) is 17.6 Å². The number of benzene rings is 5. The third-order valence-corrected chi connectivity index (χ3v) is 8.41. The van der Waals surface area contributed by atoms with Gasteiger partial charge in [0.1, 0.15) is 5.75 Å². The number of nitrogens with one attached hydrogen (secondary N) is 1. The highest BCUT2D eigenvalue weighted by molar-refractivity contribution is 5.96. The van der Waals surface area contributed by atoms with Crippen LogP contribution in [0, 0.1) is 20.8 Å². The van der Waals surface area contributed by atoms with Gasteiger partial charge in [-0.05, 0) is 114 Å². The highest BCUT2D eigenvalue weighted by Gasteiger charge is 2.22. The third kappa shape index (κ3) is 6.13. The first-order chi connectivity index (χ1) is 21.2. The van der Waals surface area contributed by atoms with Crippen molar-refractivity contribution in [2.45, 2.75) is 39.5 Å². The molecule has 5 nitrogen and oxygen atoms in total. The molecule has 1 atom stereocenters. The van der Waals surface area contributed by atoms with Crippen LogP contribution in [0.1, 0.15) is 49.7 Å². The molecule has 1 heterocycles. The first-order valence-electron chi connectivity index (χ1n) is 14.9. The Labute approximate surface area is 258 Å². The molecule has 5 aromatic rings. The summed E-state index contributed by atoms with van der Waals surface area (Å²) in [6, 6.07) is 33.5. The van der Waals surface area contributed by atoms with Crippen LogP contribution in [0.4, 0.5) is 5.69 Å². The minimum absolute atomic E-state index is 0.120. The van der Waals surface area contributed by atoms with Crippen molar-refractivity contribution in [3.05, 3.63) is 142 Å². The lowest BCUT2D eigenvalue weighted by Gasteiger charge is -2.19. The number of aryl methyl sites for hydroxylation is 3. The van der Waals surface area contributed by atoms with E-state index in [4.69, 9.17) is 4.74 Å². The van der Waals surface area contributed by atoms with Gasteiger partial charge in [0.25, 0.3) is 0 Å². The summed E-state index contributed by atoms with van der Waals surface area (Å²) in [6.07, 6.45) is 1.34. The Morgan fingerprint density at radius 2 is 1.41 bits per heavy atom. The number of hydrogen-bond acceptors (Lipinski definition) is 3. The van der Waals surface area contributed by atoms with Crippen molar-refractivity contribution in [2.75, 3.05) is 11.9 Å². The Morgan fingerprint density at radius 1 is 0.773 bits per heavy atom. The molecule has 2 N–H and O–H groups in total. The summed E-state index contributed by atoms with van der Waals surface area (Å²) in [6.45, 7) is 7.08. The van der Waals surface area contributed by atoms with Gasteiger partial charge in [-0.15, -0.1) is 0 Å². The summed E-state index contributed by atoms with van der Waals surface area (Å²) in [7, 11) is 0. The lowest BCUT2D eigenvalue weighted by Crippen LogP contribution is -2.23. The molecule has 1 unspecified atom stereocenters. The lowest BCUT2D eigenvalue weighted by molar-refractivity contribution is -0.117. The Morgan fingerprint density at radius 3 is 2.07 bits per heavy atom. The van der Waals surface area contributed by atoms with Gasteiger partial charge in [0.2, 0.25) is 5.91 Å². The van der Waals surface area contributed by atoms with Gasteiger partial charge in [-0.3, -0.25) is 4.79 Å². The molecule has 0 spiro atoms. The zero-order chi connectivity index (χ0) is 30.8. The maximum atomic E-state index is 13.9. The molecule has 0 aliphatic carbocycles. The van der Waals surface area contributed by atoms with Crippen molar-refractivity contribution in [1.82, 2.24) is 0 Å². The average molecular weight is 582 g/mol. The summed E-state index contributed by atoms with van der Waals surface area (Å²) in [5.74, 6) is -0.619. The molecule has 44 heavy (non-hydrogen) atoms. The molecule has 0 fully saturated rings. The number of rotatable bonds is 8. The number of carbonyl (C=O) groups is 2. The number of hydrogen-bond donors (Lipinski definition) is 2. The minimum atomic E-state index is -0.973. The Hall–Kier alpha value is -5.16. The number of carboxylic acids is 1. The predicted molar refractivity (Wildman–Crippen MR) is 176 cm³/mol. The van der Waals surface area contributed by atoms with Crippen molar-refractivity contribution in [3.63, 3.8) is 0 Å². The van der Waals surface area contributed by atoms with Crippen LogP contribution in [-0.4, -0.2) is 23.6 Å². The molecule has 0 saturated heterocycles. The van der Waals surface area contributed by atoms with Gasteiger partial charge in [-0.2, -0.15) is 0 Å². The van der Waals surface area contributed by atoms with Crippen molar-refractivity contribution < 1.29 is 19.4 Å². The molecule has 1 aliphatic heterocycles. The van der Waals surface area contributed by atoms with Crippen LogP contribution in [0.2, 0.25) is 0 Å². The number of ether oxygens (including phenoxy) is 1. The van der Waals surface area contributed by atoms with Crippen molar-refractivity contribution in [2.24, 2.45) is 0 Å². The number of aromatic carboxylic acids is 1. The van der Waals surface area contributed by atoms with E-state index in [0.717, 1.165) is 52.3 Å². The van der Waals surface area contributed by atoms with E-state index in [1.807, 2.05) is 30.3 Å². The van der Waals surface area contributed by atoms with Crippen LogP contribution in [0.5, 0.6) is 5.75 Å². The maximum Gasteiger partial charge on any atom is 0.335 e. The van der Waals surface area contributed by atoms with Crippen molar-refractivity contribution in [3.8, 4) is 28.0 Å². The highest BCUT2D eigenvalue weighted by atomic mass is 16.5. The molecule has 0 bridgehead atoms. The monoisotopic (exact) mass is 581 g/mol. The fourth-order valence-electron chi connectivity index (χ4n) is 6.24. The Kier molecular flexibility index (Phi) is 8.03. The number of carboxylic acid groups (broad SMARTS) is 1. The molecule has 1 amide bonds. The van der Waals surface area contributed by atoms with E-state index < -0.39 is 11.9 Å². The second-order valence-corrected chi connectivity index (χ2v) is 11.6. The second-order valence-electron chi connectivity index (χ2n) is 11.6. The standard InChI is InChI=1S/C39H35NO4/c1-24-20-25(2)37(26(3)21-24)30-12-15-34(16-13-30)40-38(41)35(22-27-4-6-31(7-5-27)39(42)43)29-10-8-28(9-11-29)32-14-17-36-33(23-32)18-19-44-36/h4-17,20-21,23,35H,18-19,22H2,1-3H3,(H,40,41)(H,42,43). The maximum absolute atomic E-state index is 13.9. The summed E-state index contributed by atoms with van der Waals surface area (Å²) in [5, 5.41) is 12.5. The van der Waals surface area contributed by atoms with E-state index in [1.165, 1.54) is 27.8 Å². The zero-order valence-corrected chi connectivity index (χ0v) is 25.2. The average Bonchev–Trinajstić information content (AvgIpc) is 3.49. The van der Waals surface area contributed by atoms with Gasteiger partial charge in [-0.25, -0.2) is 4.79 Å². The molecule has 1 aliphatic rings. The van der Waals surface area contributed by atoms with Crippen LogP contribution >= 0.6 is 0 Å². The van der Waals surface area contributed by atoms with Gasteiger partial charge in [0, 0.05) is 12.1 Å². The summed E-state index contributed by atoms with van der Waals surface area (Å²) < 4.78 is 5.66. The first-order valence-corrected chi connectivity index (χ1v) is 14.9. The molecule has 0 aromatic heterocycles. The predicted octanol–water partition coefficient (Wildman–Crippen LogP) is 8.54.